The van der Waals surface area contributed by atoms with Crippen molar-refractivity contribution in [3.05, 3.63) is 16.0 Å². The Kier molecular flexibility index (Phi) is 7.25. The van der Waals surface area contributed by atoms with Gasteiger partial charge < -0.3 is 14.8 Å². The number of carbonyl (C=O) groups excluding carboxylic acids is 3. The van der Waals surface area contributed by atoms with Crippen LogP contribution in [0.4, 0.5) is 5.00 Å². The van der Waals surface area contributed by atoms with Gasteiger partial charge in [0.05, 0.1) is 12.2 Å². The molecule has 0 bridgehead atoms. The highest BCUT2D eigenvalue weighted by Crippen LogP contribution is 2.35. The molecular weight excluding hydrogens is 366 g/mol. The normalized spacial score (nSPS) is 14.8. The molecule has 0 atom stereocenters. The van der Waals surface area contributed by atoms with Crippen molar-refractivity contribution in [2.24, 2.45) is 0 Å². The molecule has 0 unspecified atom stereocenters. The van der Waals surface area contributed by atoms with Crippen LogP contribution in [0.3, 0.4) is 0 Å². The summed E-state index contributed by atoms with van der Waals surface area (Å²) in [6.45, 7) is 3.53. The van der Waals surface area contributed by atoms with E-state index in [1.807, 2.05) is 0 Å². The van der Waals surface area contributed by atoms with Crippen LogP contribution in [-0.2, 0) is 14.3 Å². The number of nitrogens with one attached hydrogen (secondary N) is 1. The maximum absolute atomic E-state index is 12.5. The summed E-state index contributed by atoms with van der Waals surface area (Å²) in [5.41, 5.74) is 0.634. The van der Waals surface area contributed by atoms with Crippen molar-refractivity contribution in [1.82, 2.24) is 0 Å². The summed E-state index contributed by atoms with van der Waals surface area (Å²) >= 11 is 6.53. The summed E-state index contributed by atoms with van der Waals surface area (Å²) in [7, 11) is 0. The van der Waals surface area contributed by atoms with Crippen molar-refractivity contribution in [2.75, 3.05) is 17.8 Å². The maximum atomic E-state index is 12.5. The second-order valence-corrected chi connectivity index (χ2v) is 7.12. The molecule has 2 rings (SSSR count). The van der Waals surface area contributed by atoms with Gasteiger partial charge in [-0.3, -0.25) is 4.79 Å². The third-order valence-corrected chi connectivity index (χ3v) is 5.44. The molecule has 1 N–H and O–H groups in total. The first kappa shape index (κ1) is 19.7. The van der Waals surface area contributed by atoms with Gasteiger partial charge in [-0.05, 0) is 45.1 Å². The van der Waals surface area contributed by atoms with Crippen molar-refractivity contribution < 1.29 is 23.9 Å². The Morgan fingerprint density at radius 2 is 1.88 bits per heavy atom. The van der Waals surface area contributed by atoms with Crippen LogP contribution in [0.2, 0.25) is 0 Å². The Labute approximate surface area is 155 Å². The SMILES string of the molecule is CCOC(=O)c1c(NC(=O)CCl)sc(C(=O)OC2CCCCC2)c1C. The summed E-state index contributed by atoms with van der Waals surface area (Å²) in [5.74, 6) is -1.76. The van der Waals surface area contributed by atoms with Gasteiger partial charge in [-0.15, -0.1) is 22.9 Å². The van der Waals surface area contributed by atoms with Crippen LogP contribution in [0.15, 0.2) is 0 Å². The number of ether oxygens (including phenoxy) is 2. The van der Waals surface area contributed by atoms with E-state index < -0.39 is 17.8 Å². The van der Waals surface area contributed by atoms with Gasteiger partial charge >= 0.3 is 11.9 Å². The molecule has 1 aromatic heterocycles. The number of amides is 1. The zero-order valence-corrected chi connectivity index (χ0v) is 15.9. The predicted octanol–water partition coefficient (Wildman–Crippen LogP) is 3.90. The van der Waals surface area contributed by atoms with Crippen molar-refractivity contribution in [3.8, 4) is 0 Å². The number of carbonyl (C=O) groups is 3. The lowest BCUT2D eigenvalue weighted by Crippen LogP contribution is -2.21. The van der Waals surface area contributed by atoms with E-state index in [4.69, 9.17) is 21.1 Å². The van der Waals surface area contributed by atoms with Crippen molar-refractivity contribution >= 4 is 45.8 Å². The highest BCUT2D eigenvalue weighted by molar-refractivity contribution is 7.18. The minimum atomic E-state index is -0.585. The van der Waals surface area contributed by atoms with E-state index in [0.717, 1.165) is 43.4 Å². The average molecular weight is 388 g/mol. The summed E-state index contributed by atoms with van der Waals surface area (Å²) in [6.07, 6.45) is 4.88. The number of alkyl halides is 1. The molecule has 0 spiro atoms. The second-order valence-electron chi connectivity index (χ2n) is 5.83. The van der Waals surface area contributed by atoms with Crippen molar-refractivity contribution in [1.29, 1.82) is 0 Å². The summed E-state index contributed by atoms with van der Waals surface area (Å²) in [4.78, 5) is 36.7. The Morgan fingerprint density at radius 1 is 1.20 bits per heavy atom. The van der Waals surface area contributed by atoms with Gasteiger partial charge in [0, 0.05) is 0 Å². The average Bonchev–Trinajstić information content (AvgIpc) is 2.92. The smallest absolute Gasteiger partial charge is 0.348 e. The molecule has 25 heavy (non-hydrogen) atoms. The number of esters is 2. The third-order valence-electron chi connectivity index (χ3n) is 4.01. The molecule has 6 nitrogen and oxygen atoms in total. The number of hydrogen-bond donors (Lipinski definition) is 1. The van der Waals surface area contributed by atoms with Crippen LogP contribution in [0.5, 0.6) is 0 Å². The fraction of sp³-hybridized carbons (Fsp3) is 0.588. The highest BCUT2D eigenvalue weighted by Gasteiger charge is 2.28. The van der Waals surface area contributed by atoms with E-state index in [-0.39, 0.29) is 29.2 Å². The number of halogens is 1. The zero-order valence-electron chi connectivity index (χ0n) is 14.4. The van der Waals surface area contributed by atoms with E-state index in [1.54, 1.807) is 13.8 Å². The lowest BCUT2D eigenvalue weighted by atomic mass is 9.98. The van der Waals surface area contributed by atoms with Crippen LogP contribution >= 0.6 is 22.9 Å². The van der Waals surface area contributed by atoms with E-state index in [0.29, 0.717) is 10.4 Å². The van der Waals surface area contributed by atoms with Gasteiger partial charge in [-0.2, -0.15) is 0 Å². The van der Waals surface area contributed by atoms with Crippen LogP contribution < -0.4 is 5.32 Å². The molecule has 138 valence electrons. The van der Waals surface area contributed by atoms with Gasteiger partial charge in [0.15, 0.2) is 0 Å². The van der Waals surface area contributed by atoms with E-state index in [9.17, 15) is 14.4 Å². The van der Waals surface area contributed by atoms with Crippen LogP contribution in [-0.4, -0.2) is 36.4 Å². The third kappa shape index (κ3) is 4.95. The molecule has 1 aromatic rings. The first-order chi connectivity index (χ1) is 12.0. The number of anilines is 1. The summed E-state index contributed by atoms with van der Waals surface area (Å²) in [6, 6.07) is 0. The van der Waals surface area contributed by atoms with Gasteiger partial charge in [-0.25, -0.2) is 9.59 Å². The fourth-order valence-electron chi connectivity index (χ4n) is 2.79. The Bertz CT molecular complexity index is 652. The number of rotatable bonds is 6. The molecule has 8 heteroatoms. The topological polar surface area (TPSA) is 81.7 Å². The molecule has 1 fully saturated rings. The molecule has 1 aliphatic carbocycles. The minimum absolute atomic E-state index is 0.0883. The second kappa shape index (κ2) is 9.20. The van der Waals surface area contributed by atoms with Gasteiger partial charge in [-0.1, -0.05) is 6.42 Å². The van der Waals surface area contributed by atoms with E-state index >= 15 is 0 Å². The maximum Gasteiger partial charge on any atom is 0.348 e. The number of hydrogen-bond acceptors (Lipinski definition) is 6. The number of thiophene rings is 1. The van der Waals surface area contributed by atoms with Gasteiger partial charge in [0.1, 0.15) is 21.9 Å². The van der Waals surface area contributed by atoms with Crippen LogP contribution in [0, 0.1) is 6.92 Å². The van der Waals surface area contributed by atoms with Gasteiger partial charge in [0.25, 0.3) is 0 Å². The molecule has 1 amide bonds. The zero-order chi connectivity index (χ0) is 18.4. The first-order valence-corrected chi connectivity index (χ1v) is 9.70. The Hall–Kier alpha value is -1.60. The summed E-state index contributed by atoms with van der Waals surface area (Å²) in [5, 5.41) is 2.82. The van der Waals surface area contributed by atoms with Gasteiger partial charge in [0.2, 0.25) is 5.91 Å². The van der Waals surface area contributed by atoms with Crippen LogP contribution in [0.1, 0.15) is 64.6 Å². The van der Waals surface area contributed by atoms with E-state index in [1.165, 1.54) is 0 Å². The lowest BCUT2D eigenvalue weighted by Gasteiger charge is -2.21. The fourth-order valence-corrected chi connectivity index (χ4v) is 3.95. The highest BCUT2D eigenvalue weighted by atomic mass is 35.5. The van der Waals surface area contributed by atoms with Crippen molar-refractivity contribution in [3.63, 3.8) is 0 Å². The molecular formula is C17H22ClNO5S. The first-order valence-electron chi connectivity index (χ1n) is 8.35. The molecule has 0 aliphatic heterocycles. The summed E-state index contributed by atoms with van der Waals surface area (Å²) < 4.78 is 10.6. The largest absolute Gasteiger partial charge is 0.462 e. The standard InChI is InChI=1S/C17H22ClNO5S/c1-3-23-16(21)13-10(2)14(25-15(13)19-12(20)9-18)17(22)24-11-7-5-4-6-8-11/h11H,3-9H2,1-2H3,(H,19,20). The molecule has 1 saturated carbocycles. The minimum Gasteiger partial charge on any atom is -0.462 e. The van der Waals surface area contributed by atoms with E-state index in [2.05, 4.69) is 5.32 Å². The molecule has 0 aromatic carbocycles. The Balaban J connectivity index is 2.27. The van der Waals surface area contributed by atoms with Crippen molar-refractivity contribution in [2.45, 2.75) is 52.1 Å². The van der Waals surface area contributed by atoms with Crippen LogP contribution in [0.25, 0.3) is 0 Å². The Morgan fingerprint density at radius 3 is 2.48 bits per heavy atom. The molecule has 0 radical (unpaired) electrons. The monoisotopic (exact) mass is 387 g/mol. The predicted molar refractivity (Wildman–Crippen MR) is 96.7 cm³/mol. The molecule has 1 aliphatic rings. The lowest BCUT2D eigenvalue weighted by molar-refractivity contribution is -0.113. The molecule has 0 saturated heterocycles. The molecule has 1 heterocycles. The quantitative estimate of drug-likeness (QED) is 0.591.